The van der Waals surface area contributed by atoms with Crippen molar-refractivity contribution in [2.45, 2.75) is 6.92 Å². The molecule has 22 heavy (non-hydrogen) atoms. The average Bonchev–Trinajstić information content (AvgIpc) is 3.02. The molecule has 0 aliphatic carbocycles. The van der Waals surface area contributed by atoms with E-state index in [1.165, 1.54) is 11.5 Å². The number of aromatic nitrogens is 2. The molecule has 0 aliphatic rings. The number of carbonyl (C=O) groups excluding carboxylic acids is 1. The summed E-state index contributed by atoms with van der Waals surface area (Å²) in [5.41, 5.74) is 3.62. The van der Waals surface area contributed by atoms with Crippen molar-refractivity contribution in [3.05, 3.63) is 60.3 Å². The van der Waals surface area contributed by atoms with E-state index in [9.17, 15) is 4.79 Å². The predicted molar refractivity (Wildman–Crippen MR) is 89.2 cm³/mol. The van der Waals surface area contributed by atoms with E-state index in [0.717, 1.165) is 27.4 Å². The van der Waals surface area contributed by atoms with E-state index >= 15 is 0 Å². The van der Waals surface area contributed by atoms with Crippen molar-refractivity contribution < 1.29 is 4.79 Å². The lowest BCUT2D eigenvalue weighted by molar-refractivity contribution is 0.262. The van der Waals surface area contributed by atoms with Crippen molar-refractivity contribution in [2.75, 3.05) is 10.6 Å². The number of amides is 2. The quantitative estimate of drug-likeness (QED) is 0.763. The van der Waals surface area contributed by atoms with Crippen LogP contribution in [0.25, 0.3) is 10.4 Å². The smallest absolute Gasteiger partial charge is 0.308 e. The fraction of sp³-hybridized carbons (Fsp3) is 0.0625. The molecule has 0 spiro atoms. The Bertz CT molecular complexity index is 769. The third-order valence-electron chi connectivity index (χ3n) is 3.06. The lowest BCUT2D eigenvalue weighted by Crippen LogP contribution is -2.19. The molecule has 6 heteroatoms. The van der Waals surface area contributed by atoms with Gasteiger partial charge < -0.3 is 10.6 Å². The van der Waals surface area contributed by atoms with E-state index in [4.69, 9.17) is 0 Å². The van der Waals surface area contributed by atoms with E-state index in [-0.39, 0.29) is 6.03 Å². The van der Waals surface area contributed by atoms with Crippen LogP contribution in [0.2, 0.25) is 0 Å². The van der Waals surface area contributed by atoms with Crippen LogP contribution in [0.4, 0.5) is 16.2 Å². The van der Waals surface area contributed by atoms with E-state index in [1.54, 1.807) is 6.20 Å². The largest absolute Gasteiger partial charge is 0.323 e. The Morgan fingerprint density at radius 3 is 2.50 bits per heavy atom. The van der Waals surface area contributed by atoms with Gasteiger partial charge in [0.2, 0.25) is 0 Å². The molecule has 5 nitrogen and oxygen atoms in total. The number of hydrogen-bond acceptors (Lipinski definition) is 4. The average molecular weight is 310 g/mol. The second-order valence-electron chi connectivity index (χ2n) is 4.81. The predicted octanol–water partition coefficient (Wildman–Crippen LogP) is 4.16. The minimum atomic E-state index is -0.266. The van der Waals surface area contributed by atoms with Gasteiger partial charge in [-0.2, -0.15) is 0 Å². The Morgan fingerprint density at radius 2 is 1.82 bits per heavy atom. The van der Waals surface area contributed by atoms with Crippen LogP contribution in [0.5, 0.6) is 0 Å². The molecular formula is C16H14N4OS. The molecule has 3 aromatic rings. The summed E-state index contributed by atoms with van der Waals surface area (Å²) in [5, 5.41) is 9.42. The standard InChI is InChI=1S/C16H14N4OS/c1-11-3-2-4-14(9-11)19-16(21)18-13-7-5-12(6-8-13)15-10-17-20-22-15/h2-10H,1H3,(H2,18,19,21). The van der Waals surface area contributed by atoms with Gasteiger partial charge in [-0.25, -0.2) is 4.79 Å². The summed E-state index contributed by atoms with van der Waals surface area (Å²) in [6.45, 7) is 1.98. The number of carbonyl (C=O) groups is 1. The Hall–Kier alpha value is -2.73. The fourth-order valence-electron chi connectivity index (χ4n) is 2.03. The van der Waals surface area contributed by atoms with Crippen molar-refractivity contribution in [3.8, 4) is 10.4 Å². The molecule has 0 saturated carbocycles. The Kier molecular flexibility index (Phi) is 4.11. The zero-order valence-corrected chi connectivity index (χ0v) is 12.7. The van der Waals surface area contributed by atoms with E-state index in [1.807, 2.05) is 55.5 Å². The van der Waals surface area contributed by atoms with Gasteiger partial charge in [-0.1, -0.05) is 28.8 Å². The lowest BCUT2D eigenvalue weighted by atomic mass is 10.2. The summed E-state index contributed by atoms with van der Waals surface area (Å²) in [6, 6.07) is 15.0. The molecule has 2 N–H and O–H groups in total. The van der Waals surface area contributed by atoms with Crippen LogP contribution in [-0.4, -0.2) is 15.6 Å². The highest BCUT2D eigenvalue weighted by Crippen LogP contribution is 2.23. The third kappa shape index (κ3) is 3.48. The minimum Gasteiger partial charge on any atom is -0.308 e. The Morgan fingerprint density at radius 1 is 1.05 bits per heavy atom. The maximum absolute atomic E-state index is 12.0. The van der Waals surface area contributed by atoms with Crippen LogP contribution in [0, 0.1) is 6.92 Å². The van der Waals surface area contributed by atoms with Crippen molar-refractivity contribution in [1.82, 2.24) is 9.59 Å². The highest BCUT2D eigenvalue weighted by molar-refractivity contribution is 7.09. The molecule has 0 aliphatic heterocycles. The number of aryl methyl sites for hydroxylation is 1. The number of nitrogens with one attached hydrogen (secondary N) is 2. The number of rotatable bonds is 3. The summed E-state index contributed by atoms with van der Waals surface area (Å²) in [5.74, 6) is 0. The maximum Gasteiger partial charge on any atom is 0.323 e. The number of anilines is 2. The second kappa shape index (κ2) is 6.36. The van der Waals surface area contributed by atoms with Gasteiger partial charge in [0.05, 0.1) is 11.1 Å². The third-order valence-corrected chi connectivity index (χ3v) is 3.78. The minimum absolute atomic E-state index is 0.266. The Labute approximate surface area is 132 Å². The van der Waals surface area contributed by atoms with Crippen LogP contribution in [0.15, 0.2) is 54.7 Å². The molecule has 0 fully saturated rings. The van der Waals surface area contributed by atoms with Crippen molar-refractivity contribution in [3.63, 3.8) is 0 Å². The highest BCUT2D eigenvalue weighted by atomic mass is 32.1. The number of hydrogen-bond donors (Lipinski definition) is 2. The van der Waals surface area contributed by atoms with Gasteiger partial charge >= 0.3 is 6.03 Å². The molecule has 2 aromatic carbocycles. The molecule has 0 bridgehead atoms. The molecular weight excluding hydrogens is 296 g/mol. The fourth-order valence-corrected chi connectivity index (χ4v) is 2.55. The van der Waals surface area contributed by atoms with Gasteiger partial charge in [0, 0.05) is 11.4 Å². The number of nitrogens with zero attached hydrogens (tertiary/aromatic N) is 2. The van der Waals surface area contributed by atoms with Crippen LogP contribution < -0.4 is 10.6 Å². The van der Waals surface area contributed by atoms with Gasteiger partial charge in [-0.15, -0.1) is 5.10 Å². The van der Waals surface area contributed by atoms with Gasteiger partial charge in [-0.05, 0) is 53.8 Å². The first-order valence-corrected chi connectivity index (χ1v) is 7.50. The Balaban J connectivity index is 1.64. The summed E-state index contributed by atoms with van der Waals surface area (Å²) in [4.78, 5) is 13.0. The summed E-state index contributed by atoms with van der Waals surface area (Å²) in [7, 11) is 0. The second-order valence-corrected chi connectivity index (χ2v) is 5.59. The van der Waals surface area contributed by atoms with Crippen molar-refractivity contribution >= 4 is 28.9 Å². The summed E-state index contributed by atoms with van der Waals surface area (Å²) in [6.07, 6.45) is 1.72. The first-order chi connectivity index (χ1) is 10.7. The molecule has 0 radical (unpaired) electrons. The molecule has 3 rings (SSSR count). The monoisotopic (exact) mass is 310 g/mol. The summed E-state index contributed by atoms with van der Waals surface area (Å²) >= 11 is 1.34. The van der Waals surface area contributed by atoms with Crippen LogP contribution >= 0.6 is 11.5 Å². The lowest BCUT2D eigenvalue weighted by Gasteiger charge is -2.08. The van der Waals surface area contributed by atoms with Gasteiger partial charge in [-0.3, -0.25) is 0 Å². The molecule has 2 amide bonds. The topological polar surface area (TPSA) is 66.9 Å². The van der Waals surface area contributed by atoms with E-state index in [2.05, 4.69) is 20.2 Å². The van der Waals surface area contributed by atoms with E-state index < -0.39 is 0 Å². The van der Waals surface area contributed by atoms with Crippen LogP contribution in [0.3, 0.4) is 0 Å². The van der Waals surface area contributed by atoms with Crippen molar-refractivity contribution in [1.29, 1.82) is 0 Å². The SMILES string of the molecule is Cc1cccc(NC(=O)Nc2ccc(-c3cnns3)cc2)c1. The highest BCUT2D eigenvalue weighted by Gasteiger charge is 2.04. The molecule has 1 aromatic heterocycles. The van der Waals surface area contributed by atoms with Crippen LogP contribution in [0.1, 0.15) is 5.56 Å². The normalized spacial score (nSPS) is 10.2. The number of urea groups is 1. The molecule has 0 unspecified atom stereocenters. The van der Waals surface area contributed by atoms with Gasteiger partial charge in [0.25, 0.3) is 0 Å². The zero-order chi connectivity index (χ0) is 15.4. The molecule has 110 valence electrons. The molecule has 0 atom stereocenters. The molecule has 1 heterocycles. The first-order valence-electron chi connectivity index (χ1n) is 6.73. The first kappa shape index (κ1) is 14.2. The zero-order valence-electron chi connectivity index (χ0n) is 11.9. The van der Waals surface area contributed by atoms with Crippen molar-refractivity contribution in [2.24, 2.45) is 0 Å². The van der Waals surface area contributed by atoms with E-state index in [0.29, 0.717) is 0 Å². The summed E-state index contributed by atoms with van der Waals surface area (Å²) < 4.78 is 3.84. The maximum atomic E-state index is 12.0. The van der Waals surface area contributed by atoms with Gasteiger partial charge in [0.15, 0.2) is 0 Å². The number of benzene rings is 2. The molecule has 0 saturated heterocycles. The van der Waals surface area contributed by atoms with Gasteiger partial charge in [0.1, 0.15) is 0 Å². The van der Waals surface area contributed by atoms with Crippen LogP contribution in [-0.2, 0) is 0 Å².